The van der Waals surface area contributed by atoms with E-state index in [0.29, 0.717) is 0 Å². The molecule has 0 aliphatic heterocycles. The van der Waals surface area contributed by atoms with Gasteiger partial charge in [0.05, 0.1) is 0 Å². The van der Waals surface area contributed by atoms with E-state index < -0.39 is 0 Å². The molecule has 118 valence electrons. The molecule has 1 aliphatic carbocycles. The van der Waals surface area contributed by atoms with Gasteiger partial charge < -0.3 is 5.32 Å². The summed E-state index contributed by atoms with van der Waals surface area (Å²) in [5, 5.41) is 3.66. The van der Waals surface area contributed by atoms with Gasteiger partial charge in [-0.15, -0.1) is 0 Å². The Kier molecular flexibility index (Phi) is 6.29. The van der Waals surface area contributed by atoms with E-state index in [2.05, 4.69) is 57.3 Å². The SMILES string of the molecule is CCCNCC1CCC(C(C)C)CC1c1cccc(C)c1. The van der Waals surface area contributed by atoms with Gasteiger partial charge in [0.15, 0.2) is 0 Å². The van der Waals surface area contributed by atoms with Crippen molar-refractivity contribution < 1.29 is 0 Å². The van der Waals surface area contributed by atoms with Crippen molar-refractivity contribution in [2.45, 2.75) is 59.3 Å². The summed E-state index contributed by atoms with van der Waals surface area (Å²) >= 11 is 0. The largest absolute Gasteiger partial charge is 0.316 e. The fourth-order valence-corrected chi connectivity index (χ4v) is 3.89. The molecule has 0 spiro atoms. The van der Waals surface area contributed by atoms with E-state index in [1.807, 2.05) is 0 Å². The average Bonchev–Trinajstić information content (AvgIpc) is 2.47. The molecule has 0 saturated heterocycles. The van der Waals surface area contributed by atoms with Gasteiger partial charge in [-0.3, -0.25) is 0 Å². The van der Waals surface area contributed by atoms with Gasteiger partial charge in [-0.25, -0.2) is 0 Å². The molecule has 1 fully saturated rings. The maximum absolute atomic E-state index is 3.66. The Bertz CT molecular complexity index is 424. The molecule has 21 heavy (non-hydrogen) atoms. The highest BCUT2D eigenvalue weighted by atomic mass is 14.9. The Hall–Kier alpha value is -0.820. The minimum Gasteiger partial charge on any atom is -0.316 e. The summed E-state index contributed by atoms with van der Waals surface area (Å²) in [4.78, 5) is 0. The zero-order valence-electron chi connectivity index (χ0n) is 14.4. The quantitative estimate of drug-likeness (QED) is 0.713. The first-order valence-electron chi connectivity index (χ1n) is 8.89. The summed E-state index contributed by atoms with van der Waals surface area (Å²) in [6.45, 7) is 11.6. The lowest BCUT2D eigenvalue weighted by molar-refractivity contribution is 0.190. The molecule has 3 unspecified atom stereocenters. The van der Waals surface area contributed by atoms with Crippen LogP contribution in [0.2, 0.25) is 0 Å². The molecular formula is C20H33N. The summed E-state index contributed by atoms with van der Waals surface area (Å²) in [6, 6.07) is 9.23. The Morgan fingerprint density at radius 1 is 1.24 bits per heavy atom. The highest BCUT2D eigenvalue weighted by molar-refractivity contribution is 5.26. The zero-order chi connectivity index (χ0) is 15.2. The lowest BCUT2D eigenvalue weighted by Gasteiger charge is -2.38. The smallest absolute Gasteiger partial charge is 0.00147 e. The first-order chi connectivity index (χ1) is 10.1. The van der Waals surface area contributed by atoms with Crippen LogP contribution in [0.3, 0.4) is 0 Å². The topological polar surface area (TPSA) is 12.0 Å². The van der Waals surface area contributed by atoms with E-state index >= 15 is 0 Å². The molecule has 0 heterocycles. The Balaban J connectivity index is 2.11. The van der Waals surface area contributed by atoms with E-state index in [-0.39, 0.29) is 0 Å². The maximum atomic E-state index is 3.66. The molecule has 3 atom stereocenters. The molecule has 1 aliphatic rings. The fraction of sp³-hybridized carbons (Fsp3) is 0.700. The minimum absolute atomic E-state index is 0.746. The van der Waals surface area contributed by atoms with Crippen molar-refractivity contribution in [3.63, 3.8) is 0 Å². The molecule has 1 N–H and O–H groups in total. The Morgan fingerprint density at radius 3 is 2.71 bits per heavy atom. The number of hydrogen-bond donors (Lipinski definition) is 1. The first kappa shape index (κ1) is 16.5. The second-order valence-electron chi connectivity index (χ2n) is 7.30. The molecule has 0 amide bonds. The molecule has 1 heteroatoms. The van der Waals surface area contributed by atoms with Crippen molar-refractivity contribution in [2.24, 2.45) is 17.8 Å². The van der Waals surface area contributed by atoms with E-state index in [1.165, 1.54) is 37.8 Å². The van der Waals surface area contributed by atoms with E-state index in [0.717, 1.165) is 30.2 Å². The van der Waals surface area contributed by atoms with Crippen molar-refractivity contribution in [2.75, 3.05) is 13.1 Å². The first-order valence-corrected chi connectivity index (χ1v) is 8.89. The van der Waals surface area contributed by atoms with E-state index in [1.54, 1.807) is 5.56 Å². The normalized spacial score (nSPS) is 26.2. The van der Waals surface area contributed by atoms with E-state index in [4.69, 9.17) is 0 Å². The van der Waals surface area contributed by atoms with Gasteiger partial charge in [0, 0.05) is 0 Å². The number of aryl methyl sites for hydroxylation is 1. The summed E-state index contributed by atoms with van der Waals surface area (Å²) in [5.74, 6) is 3.28. The van der Waals surface area contributed by atoms with Crippen LogP contribution in [0.4, 0.5) is 0 Å². The summed E-state index contributed by atoms with van der Waals surface area (Å²) in [5.41, 5.74) is 2.98. The lowest BCUT2D eigenvalue weighted by Crippen LogP contribution is -2.33. The van der Waals surface area contributed by atoms with Crippen LogP contribution in [0.25, 0.3) is 0 Å². The molecule has 0 aromatic heterocycles. The second-order valence-corrected chi connectivity index (χ2v) is 7.30. The standard InChI is InChI=1S/C20H33N/c1-5-11-21-14-19-10-9-17(15(2)3)13-20(19)18-8-6-7-16(4)12-18/h6-8,12,15,17,19-21H,5,9-11,13-14H2,1-4H3. The highest BCUT2D eigenvalue weighted by Crippen LogP contribution is 2.43. The molecule has 2 rings (SSSR count). The van der Waals surface area contributed by atoms with Crippen LogP contribution in [0.5, 0.6) is 0 Å². The van der Waals surface area contributed by atoms with Crippen LogP contribution in [-0.2, 0) is 0 Å². The highest BCUT2D eigenvalue weighted by Gasteiger charge is 2.32. The summed E-state index contributed by atoms with van der Waals surface area (Å²) < 4.78 is 0. The van der Waals surface area contributed by atoms with Gasteiger partial charge in [0.1, 0.15) is 0 Å². The van der Waals surface area contributed by atoms with Crippen molar-refractivity contribution in [1.29, 1.82) is 0 Å². The van der Waals surface area contributed by atoms with E-state index in [9.17, 15) is 0 Å². The average molecular weight is 287 g/mol. The number of benzene rings is 1. The number of hydrogen-bond acceptors (Lipinski definition) is 1. The Labute approximate surface area is 131 Å². The van der Waals surface area contributed by atoms with Crippen LogP contribution >= 0.6 is 0 Å². The summed E-state index contributed by atoms with van der Waals surface area (Å²) in [6.07, 6.45) is 5.41. The number of nitrogens with one attached hydrogen (secondary N) is 1. The maximum Gasteiger partial charge on any atom is -0.00147 e. The zero-order valence-corrected chi connectivity index (χ0v) is 14.4. The molecule has 1 saturated carbocycles. The fourth-order valence-electron chi connectivity index (χ4n) is 3.89. The van der Waals surface area contributed by atoms with Gasteiger partial charge in [0.2, 0.25) is 0 Å². The minimum atomic E-state index is 0.746. The molecular weight excluding hydrogens is 254 g/mol. The third kappa shape index (κ3) is 4.57. The third-order valence-corrected chi connectivity index (χ3v) is 5.28. The predicted molar refractivity (Wildman–Crippen MR) is 92.7 cm³/mol. The molecule has 1 aromatic carbocycles. The van der Waals surface area contributed by atoms with Gasteiger partial charge in [-0.05, 0) is 74.9 Å². The van der Waals surface area contributed by atoms with Crippen LogP contribution in [-0.4, -0.2) is 13.1 Å². The Morgan fingerprint density at radius 2 is 2.05 bits per heavy atom. The van der Waals surface area contributed by atoms with Crippen LogP contribution < -0.4 is 5.32 Å². The second kappa shape index (κ2) is 7.98. The molecule has 0 bridgehead atoms. The van der Waals surface area contributed by atoms with Crippen molar-refractivity contribution in [3.8, 4) is 0 Å². The van der Waals surface area contributed by atoms with Gasteiger partial charge in [-0.2, -0.15) is 0 Å². The monoisotopic (exact) mass is 287 g/mol. The van der Waals surface area contributed by atoms with Crippen molar-refractivity contribution in [3.05, 3.63) is 35.4 Å². The van der Waals surface area contributed by atoms with Crippen molar-refractivity contribution in [1.82, 2.24) is 5.32 Å². The predicted octanol–water partition coefficient (Wildman–Crippen LogP) is 5.15. The van der Waals surface area contributed by atoms with Crippen LogP contribution in [0.1, 0.15) is 63.5 Å². The van der Waals surface area contributed by atoms with Crippen LogP contribution in [0, 0.1) is 24.7 Å². The van der Waals surface area contributed by atoms with Crippen LogP contribution in [0.15, 0.2) is 24.3 Å². The van der Waals surface area contributed by atoms with Gasteiger partial charge in [0.25, 0.3) is 0 Å². The third-order valence-electron chi connectivity index (χ3n) is 5.28. The van der Waals surface area contributed by atoms with Crippen molar-refractivity contribution >= 4 is 0 Å². The molecule has 1 nitrogen and oxygen atoms in total. The molecule has 0 radical (unpaired) electrons. The lowest BCUT2D eigenvalue weighted by atomic mass is 9.68. The van der Waals surface area contributed by atoms with Gasteiger partial charge >= 0.3 is 0 Å². The summed E-state index contributed by atoms with van der Waals surface area (Å²) in [7, 11) is 0. The number of rotatable bonds is 6. The molecule has 1 aromatic rings. The van der Waals surface area contributed by atoms with Gasteiger partial charge in [-0.1, -0.05) is 50.6 Å².